The molecule has 1 amide bonds. The quantitative estimate of drug-likeness (QED) is 0.898. The Morgan fingerprint density at radius 2 is 1.91 bits per heavy atom. The normalized spacial score (nSPS) is 12.3. The molecule has 5 nitrogen and oxygen atoms in total. The molecule has 0 aliphatic rings. The Bertz CT molecular complexity index is 651. The highest BCUT2D eigenvalue weighted by Gasteiger charge is 2.24. The summed E-state index contributed by atoms with van der Waals surface area (Å²) in [6, 6.07) is 3.52. The van der Waals surface area contributed by atoms with Crippen molar-refractivity contribution in [2.45, 2.75) is 45.1 Å². The highest BCUT2D eigenvalue weighted by Crippen LogP contribution is 2.16. The molecule has 22 heavy (non-hydrogen) atoms. The van der Waals surface area contributed by atoms with Crippen LogP contribution in [-0.4, -0.2) is 37.9 Å². The molecular weight excluding hydrogens is 307 g/mol. The molecule has 0 aliphatic carbocycles. The zero-order valence-electron chi connectivity index (χ0n) is 13.6. The average molecular weight is 330 g/mol. The van der Waals surface area contributed by atoms with Crippen LogP contribution in [0.25, 0.3) is 0 Å². The van der Waals surface area contributed by atoms with Crippen LogP contribution in [0.5, 0.6) is 0 Å². The van der Waals surface area contributed by atoms with Gasteiger partial charge >= 0.3 is 0 Å². The van der Waals surface area contributed by atoms with Gasteiger partial charge in [-0.3, -0.25) is 4.79 Å². The fraction of sp³-hybridized carbons (Fsp3) is 0.533. The van der Waals surface area contributed by atoms with E-state index in [1.54, 1.807) is 4.90 Å². The molecule has 0 bridgehead atoms. The second-order valence-corrected chi connectivity index (χ2v) is 7.88. The lowest BCUT2D eigenvalue weighted by Gasteiger charge is -2.35. The number of carbonyl (C=O) groups excluding carboxylic acids is 1. The van der Waals surface area contributed by atoms with Crippen molar-refractivity contribution in [3.8, 4) is 0 Å². The third-order valence-corrected chi connectivity index (χ3v) is 4.87. The molecule has 1 aromatic carbocycles. The van der Waals surface area contributed by atoms with Crippen molar-refractivity contribution in [1.82, 2.24) is 9.62 Å². The number of halogens is 1. The monoisotopic (exact) mass is 330 g/mol. The van der Waals surface area contributed by atoms with Crippen molar-refractivity contribution in [1.29, 1.82) is 0 Å². The van der Waals surface area contributed by atoms with Gasteiger partial charge in [0, 0.05) is 25.6 Å². The van der Waals surface area contributed by atoms with Crippen molar-refractivity contribution in [2.75, 3.05) is 13.1 Å². The average Bonchev–Trinajstić information content (AvgIpc) is 2.31. The Kier molecular flexibility index (Phi) is 5.70. The van der Waals surface area contributed by atoms with E-state index in [1.807, 2.05) is 20.8 Å². The van der Waals surface area contributed by atoms with Crippen LogP contribution in [0, 0.1) is 12.7 Å². The lowest BCUT2D eigenvalue weighted by Crippen LogP contribution is -2.48. The first-order chi connectivity index (χ1) is 9.95. The van der Waals surface area contributed by atoms with E-state index in [0.717, 1.165) is 6.07 Å². The summed E-state index contributed by atoms with van der Waals surface area (Å²) in [5, 5.41) is 0. The number of rotatable bonds is 5. The summed E-state index contributed by atoms with van der Waals surface area (Å²) in [4.78, 5) is 13.2. The van der Waals surface area contributed by atoms with Crippen LogP contribution < -0.4 is 4.72 Å². The zero-order chi connectivity index (χ0) is 17.1. The predicted molar refractivity (Wildman–Crippen MR) is 83.5 cm³/mol. The van der Waals surface area contributed by atoms with Gasteiger partial charge in [0.15, 0.2) is 0 Å². The number of carbonyl (C=O) groups is 1. The molecule has 0 radical (unpaired) electrons. The minimum absolute atomic E-state index is 0.0408. The van der Waals surface area contributed by atoms with Gasteiger partial charge in [0.05, 0.1) is 4.90 Å². The molecular formula is C15H23FN2O3S. The van der Waals surface area contributed by atoms with Gasteiger partial charge in [-0.1, -0.05) is 0 Å². The first-order valence-electron chi connectivity index (χ1n) is 6.99. The van der Waals surface area contributed by atoms with E-state index in [1.165, 1.54) is 26.0 Å². The maximum absolute atomic E-state index is 13.1. The van der Waals surface area contributed by atoms with Gasteiger partial charge < -0.3 is 4.90 Å². The first kappa shape index (κ1) is 18.6. The summed E-state index contributed by atoms with van der Waals surface area (Å²) in [5.74, 6) is -0.600. The van der Waals surface area contributed by atoms with Gasteiger partial charge in [0.2, 0.25) is 15.9 Å². The summed E-state index contributed by atoms with van der Waals surface area (Å²) in [5.41, 5.74) is -0.0463. The van der Waals surface area contributed by atoms with Gasteiger partial charge in [-0.2, -0.15) is 0 Å². The number of benzene rings is 1. The van der Waals surface area contributed by atoms with E-state index in [-0.39, 0.29) is 29.4 Å². The maximum Gasteiger partial charge on any atom is 0.240 e. The van der Waals surface area contributed by atoms with E-state index >= 15 is 0 Å². The number of sulfonamides is 1. The lowest BCUT2D eigenvalue weighted by atomic mass is 10.1. The van der Waals surface area contributed by atoms with E-state index in [4.69, 9.17) is 0 Å². The molecule has 124 valence electrons. The van der Waals surface area contributed by atoms with Crippen LogP contribution in [0.2, 0.25) is 0 Å². The molecule has 0 heterocycles. The van der Waals surface area contributed by atoms with Crippen molar-refractivity contribution >= 4 is 15.9 Å². The van der Waals surface area contributed by atoms with Crippen LogP contribution in [0.15, 0.2) is 23.1 Å². The maximum atomic E-state index is 13.1. The Morgan fingerprint density at radius 3 is 2.36 bits per heavy atom. The molecule has 1 rings (SSSR count). The number of amides is 1. The lowest BCUT2D eigenvalue weighted by molar-refractivity contribution is -0.133. The standard InChI is InChI=1S/C15H23FN2O3S/c1-11-10-13(16)6-7-14(11)22(20,21)17-8-9-18(12(2)19)15(3,4)5/h6-7,10,17H,8-9H2,1-5H3. The fourth-order valence-corrected chi connectivity index (χ4v) is 3.49. The fourth-order valence-electron chi connectivity index (χ4n) is 2.25. The van der Waals surface area contributed by atoms with Gasteiger partial charge in [-0.15, -0.1) is 0 Å². The third kappa shape index (κ3) is 4.78. The van der Waals surface area contributed by atoms with Gasteiger partial charge in [-0.25, -0.2) is 17.5 Å². The first-order valence-corrected chi connectivity index (χ1v) is 8.47. The number of aryl methyl sites for hydroxylation is 1. The second kappa shape index (κ2) is 6.75. The van der Waals surface area contributed by atoms with Crippen molar-refractivity contribution in [2.24, 2.45) is 0 Å². The van der Waals surface area contributed by atoms with E-state index in [9.17, 15) is 17.6 Å². The zero-order valence-corrected chi connectivity index (χ0v) is 14.4. The predicted octanol–water partition coefficient (Wildman–Crippen LogP) is 2.06. The Morgan fingerprint density at radius 1 is 1.32 bits per heavy atom. The number of hydrogen-bond donors (Lipinski definition) is 1. The summed E-state index contributed by atoms with van der Waals surface area (Å²) in [7, 11) is -3.73. The molecule has 0 saturated heterocycles. The number of nitrogens with one attached hydrogen (secondary N) is 1. The van der Waals surface area contributed by atoms with Gasteiger partial charge in [-0.05, 0) is 51.5 Å². The molecule has 0 spiro atoms. The summed E-state index contributed by atoms with van der Waals surface area (Å²) < 4.78 is 40.0. The Labute approximate surface area is 131 Å². The summed E-state index contributed by atoms with van der Waals surface area (Å²) in [6.45, 7) is 8.99. The minimum atomic E-state index is -3.73. The van der Waals surface area contributed by atoms with Crippen LogP contribution in [0.1, 0.15) is 33.3 Å². The largest absolute Gasteiger partial charge is 0.337 e. The number of nitrogens with zero attached hydrogens (tertiary/aromatic N) is 1. The van der Waals surface area contributed by atoms with E-state index in [0.29, 0.717) is 5.56 Å². The minimum Gasteiger partial charge on any atom is -0.337 e. The summed E-state index contributed by atoms with van der Waals surface area (Å²) >= 11 is 0. The van der Waals surface area contributed by atoms with Gasteiger partial charge in [0.25, 0.3) is 0 Å². The topological polar surface area (TPSA) is 66.5 Å². The molecule has 0 saturated carbocycles. The molecule has 0 aliphatic heterocycles. The molecule has 1 aromatic rings. The molecule has 0 atom stereocenters. The third-order valence-electron chi connectivity index (χ3n) is 3.24. The highest BCUT2D eigenvalue weighted by molar-refractivity contribution is 7.89. The summed E-state index contributed by atoms with van der Waals surface area (Å²) in [6.07, 6.45) is 0. The highest BCUT2D eigenvalue weighted by atomic mass is 32.2. The smallest absolute Gasteiger partial charge is 0.240 e. The molecule has 7 heteroatoms. The molecule has 0 aromatic heterocycles. The van der Waals surface area contributed by atoms with Crippen molar-refractivity contribution in [3.63, 3.8) is 0 Å². The molecule has 1 N–H and O–H groups in total. The van der Waals surface area contributed by atoms with E-state index < -0.39 is 15.8 Å². The molecule has 0 fully saturated rings. The Balaban J connectivity index is 2.80. The van der Waals surface area contributed by atoms with Crippen LogP contribution in [0.3, 0.4) is 0 Å². The van der Waals surface area contributed by atoms with Crippen LogP contribution >= 0.6 is 0 Å². The van der Waals surface area contributed by atoms with E-state index in [2.05, 4.69) is 4.72 Å². The SMILES string of the molecule is CC(=O)N(CCNS(=O)(=O)c1ccc(F)cc1C)C(C)(C)C. The van der Waals surface area contributed by atoms with Crippen molar-refractivity contribution in [3.05, 3.63) is 29.6 Å². The Hall–Kier alpha value is -1.47. The van der Waals surface area contributed by atoms with Gasteiger partial charge in [0.1, 0.15) is 5.82 Å². The second-order valence-electron chi connectivity index (χ2n) is 6.15. The van der Waals surface area contributed by atoms with Crippen molar-refractivity contribution < 1.29 is 17.6 Å². The van der Waals surface area contributed by atoms with Crippen LogP contribution in [-0.2, 0) is 14.8 Å². The van der Waals surface area contributed by atoms with Crippen LogP contribution in [0.4, 0.5) is 4.39 Å². The molecule has 0 unspecified atom stereocenters. The number of hydrogen-bond acceptors (Lipinski definition) is 3.